The van der Waals surface area contributed by atoms with Crippen molar-refractivity contribution in [1.82, 2.24) is 15.1 Å². The first kappa shape index (κ1) is 17.2. The van der Waals surface area contributed by atoms with Gasteiger partial charge in [-0.05, 0) is 18.2 Å². The van der Waals surface area contributed by atoms with E-state index >= 15 is 0 Å². The van der Waals surface area contributed by atoms with Gasteiger partial charge in [0.1, 0.15) is 4.90 Å². The standard InChI is InChI=1S/C16H18N4O4S/c1-2-14(21)17-11-15(22)19-7-9-20(10-8-19)16-12-5-3-4-6-13(12)25(23,24)18-16/h2-6H,1,7-11H2,(H,17,21). The van der Waals surface area contributed by atoms with Crippen molar-refractivity contribution >= 4 is 27.7 Å². The number of amidine groups is 1. The Balaban J connectivity index is 1.65. The van der Waals surface area contributed by atoms with E-state index in [-0.39, 0.29) is 17.3 Å². The minimum absolute atomic E-state index is 0.0803. The van der Waals surface area contributed by atoms with E-state index < -0.39 is 15.9 Å². The summed E-state index contributed by atoms with van der Waals surface area (Å²) in [5, 5.41) is 2.45. The van der Waals surface area contributed by atoms with Gasteiger partial charge in [-0.15, -0.1) is 4.40 Å². The van der Waals surface area contributed by atoms with Gasteiger partial charge in [-0.3, -0.25) is 9.59 Å². The van der Waals surface area contributed by atoms with Gasteiger partial charge in [-0.25, -0.2) is 0 Å². The number of piperazine rings is 1. The van der Waals surface area contributed by atoms with E-state index in [9.17, 15) is 18.0 Å². The molecule has 1 aromatic rings. The summed E-state index contributed by atoms with van der Waals surface area (Å²) in [4.78, 5) is 26.9. The zero-order chi connectivity index (χ0) is 18.0. The summed E-state index contributed by atoms with van der Waals surface area (Å²) in [6.45, 7) is 5.07. The van der Waals surface area contributed by atoms with Crippen LogP contribution in [0.5, 0.6) is 0 Å². The maximum atomic E-state index is 12.1. The van der Waals surface area contributed by atoms with Gasteiger partial charge < -0.3 is 15.1 Å². The van der Waals surface area contributed by atoms with Crippen molar-refractivity contribution in [2.45, 2.75) is 4.90 Å². The molecule has 1 fully saturated rings. The maximum Gasteiger partial charge on any atom is 0.285 e. The molecule has 0 aromatic heterocycles. The second-order valence-corrected chi connectivity index (χ2v) is 7.25. The highest BCUT2D eigenvalue weighted by atomic mass is 32.2. The van der Waals surface area contributed by atoms with E-state index in [4.69, 9.17) is 0 Å². The highest BCUT2D eigenvalue weighted by Gasteiger charge is 2.33. The number of hydrogen-bond donors (Lipinski definition) is 1. The number of benzene rings is 1. The van der Waals surface area contributed by atoms with Gasteiger partial charge in [0.15, 0.2) is 5.84 Å². The molecule has 0 saturated carbocycles. The summed E-state index contributed by atoms with van der Waals surface area (Å²) in [6, 6.07) is 6.73. The lowest BCUT2D eigenvalue weighted by Crippen LogP contribution is -2.52. The molecular weight excluding hydrogens is 344 g/mol. The van der Waals surface area contributed by atoms with Gasteiger partial charge in [-0.1, -0.05) is 18.7 Å². The molecule has 0 unspecified atom stereocenters. The first-order valence-electron chi connectivity index (χ1n) is 7.80. The zero-order valence-electron chi connectivity index (χ0n) is 13.5. The van der Waals surface area contributed by atoms with Gasteiger partial charge in [-0.2, -0.15) is 8.42 Å². The third-order valence-electron chi connectivity index (χ3n) is 4.14. The Kier molecular flexibility index (Phi) is 4.58. The Bertz CT molecular complexity index is 855. The number of rotatable bonds is 3. The van der Waals surface area contributed by atoms with Crippen molar-refractivity contribution in [3.05, 3.63) is 42.5 Å². The van der Waals surface area contributed by atoms with Crippen LogP contribution in [0.4, 0.5) is 0 Å². The number of amides is 2. The summed E-state index contributed by atoms with van der Waals surface area (Å²) in [6.07, 6.45) is 1.11. The molecule has 1 saturated heterocycles. The third-order valence-corrected chi connectivity index (χ3v) is 5.47. The van der Waals surface area contributed by atoms with Crippen LogP contribution in [-0.4, -0.2) is 68.6 Å². The lowest BCUT2D eigenvalue weighted by molar-refractivity contribution is -0.133. The first-order chi connectivity index (χ1) is 11.9. The lowest BCUT2D eigenvalue weighted by Gasteiger charge is -2.35. The predicted molar refractivity (Wildman–Crippen MR) is 91.5 cm³/mol. The molecule has 2 amide bonds. The quantitative estimate of drug-likeness (QED) is 0.737. The maximum absolute atomic E-state index is 12.1. The Morgan fingerprint density at radius 1 is 1.20 bits per heavy atom. The molecule has 0 spiro atoms. The van der Waals surface area contributed by atoms with Crippen LogP contribution >= 0.6 is 0 Å². The number of fused-ring (bicyclic) bond motifs is 1. The van der Waals surface area contributed by atoms with E-state index in [2.05, 4.69) is 16.3 Å². The molecule has 2 heterocycles. The van der Waals surface area contributed by atoms with Crippen molar-refractivity contribution in [1.29, 1.82) is 0 Å². The minimum Gasteiger partial charge on any atom is -0.352 e. The number of nitrogens with zero attached hydrogens (tertiary/aromatic N) is 3. The van der Waals surface area contributed by atoms with Crippen molar-refractivity contribution in [2.24, 2.45) is 4.40 Å². The first-order valence-corrected chi connectivity index (χ1v) is 9.24. The molecule has 25 heavy (non-hydrogen) atoms. The van der Waals surface area contributed by atoms with Gasteiger partial charge in [0.2, 0.25) is 11.8 Å². The van der Waals surface area contributed by atoms with E-state index in [1.807, 2.05) is 4.90 Å². The van der Waals surface area contributed by atoms with E-state index in [0.29, 0.717) is 37.6 Å². The van der Waals surface area contributed by atoms with Crippen LogP contribution in [0.1, 0.15) is 5.56 Å². The summed E-state index contributed by atoms with van der Waals surface area (Å²) < 4.78 is 28.2. The fraction of sp³-hybridized carbons (Fsp3) is 0.312. The highest BCUT2D eigenvalue weighted by Crippen LogP contribution is 2.27. The summed E-state index contributed by atoms with van der Waals surface area (Å²) in [5.74, 6) is -0.145. The number of nitrogens with one attached hydrogen (secondary N) is 1. The molecule has 0 bridgehead atoms. The second-order valence-electron chi connectivity index (χ2n) is 5.68. The van der Waals surface area contributed by atoms with Crippen molar-refractivity contribution in [3.63, 3.8) is 0 Å². The summed E-state index contributed by atoms with van der Waals surface area (Å²) in [5.41, 5.74) is 0.598. The van der Waals surface area contributed by atoms with Crippen LogP contribution in [-0.2, 0) is 19.6 Å². The molecule has 3 rings (SSSR count). The SMILES string of the molecule is C=CC(=O)NCC(=O)N1CCN(C2=NS(=O)(=O)c3ccccc32)CC1. The zero-order valence-corrected chi connectivity index (χ0v) is 14.3. The summed E-state index contributed by atoms with van der Waals surface area (Å²) >= 11 is 0. The second kappa shape index (κ2) is 6.67. The number of sulfonamides is 1. The largest absolute Gasteiger partial charge is 0.352 e. The molecule has 0 atom stereocenters. The molecule has 0 radical (unpaired) electrons. The Labute approximate surface area is 145 Å². The Morgan fingerprint density at radius 3 is 2.56 bits per heavy atom. The molecule has 132 valence electrons. The predicted octanol–water partition coefficient (Wildman–Crippen LogP) is -0.418. The third kappa shape index (κ3) is 3.41. The van der Waals surface area contributed by atoms with Gasteiger partial charge in [0.25, 0.3) is 10.0 Å². The van der Waals surface area contributed by atoms with Gasteiger partial charge in [0, 0.05) is 31.7 Å². The fourth-order valence-corrected chi connectivity index (χ4v) is 4.06. The van der Waals surface area contributed by atoms with E-state index in [1.54, 1.807) is 29.2 Å². The number of carbonyl (C=O) groups excluding carboxylic acids is 2. The molecule has 1 aromatic carbocycles. The molecule has 1 N–H and O–H groups in total. The minimum atomic E-state index is -3.65. The number of carbonyl (C=O) groups is 2. The van der Waals surface area contributed by atoms with E-state index in [1.165, 1.54) is 0 Å². The van der Waals surface area contributed by atoms with Crippen LogP contribution < -0.4 is 5.32 Å². The average molecular weight is 362 g/mol. The molecule has 0 aliphatic carbocycles. The number of hydrogen-bond acceptors (Lipinski definition) is 5. The van der Waals surface area contributed by atoms with Crippen molar-refractivity contribution in [2.75, 3.05) is 32.7 Å². The monoisotopic (exact) mass is 362 g/mol. The van der Waals surface area contributed by atoms with E-state index in [0.717, 1.165) is 6.08 Å². The average Bonchev–Trinajstić information content (AvgIpc) is 2.91. The van der Waals surface area contributed by atoms with Gasteiger partial charge in [0.05, 0.1) is 6.54 Å². The highest BCUT2D eigenvalue weighted by molar-refractivity contribution is 7.90. The van der Waals surface area contributed by atoms with Crippen LogP contribution in [0.15, 0.2) is 46.2 Å². The van der Waals surface area contributed by atoms with Gasteiger partial charge >= 0.3 is 0 Å². The Hall–Kier alpha value is -2.68. The smallest absolute Gasteiger partial charge is 0.285 e. The molecule has 2 aliphatic heterocycles. The molecule has 8 nitrogen and oxygen atoms in total. The van der Waals surface area contributed by atoms with Crippen molar-refractivity contribution in [3.8, 4) is 0 Å². The Morgan fingerprint density at radius 2 is 1.88 bits per heavy atom. The summed E-state index contributed by atoms with van der Waals surface area (Å²) in [7, 11) is -3.65. The van der Waals surface area contributed by atoms with Crippen LogP contribution in [0.25, 0.3) is 0 Å². The normalized spacial score (nSPS) is 18.3. The van der Waals surface area contributed by atoms with Crippen LogP contribution in [0.3, 0.4) is 0 Å². The van der Waals surface area contributed by atoms with Crippen LogP contribution in [0, 0.1) is 0 Å². The molecule has 2 aliphatic rings. The molecule has 9 heteroatoms. The van der Waals surface area contributed by atoms with Crippen LogP contribution in [0.2, 0.25) is 0 Å². The van der Waals surface area contributed by atoms with Crippen molar-refractivity contribution < 1.29 is 18.0 Å². The fourth-order valence-electron chi connectivity index (χ4n) is 2.83. The lowest BCUT2D eigenvalue weighted by atomic mass is 10.1. The topological polar surface area (TPSA) is 99.2 Å². The molecular formula is C16H18N4O4S.